The van der Waals surface area contributed by atoms with E-state index in [2.05, 4.69) is 0 Å². The van der Waals surface area contributed by atoms with Crippen molar-refractivity contribution in [2.24, 2.45) is 5.73 Å². The van der Waals surface area contributed by atoms with Gasteiger partial charge in [0.15, 0.2) is 12.6 Å². The molecule has 2 aliphatic heterocycles. The van der Waals surface area contributed by atoms with Crippen LogP contribution in [0.3, 0.4) is 0 Å². The van der Waals surface area contributed by atoms with Gasteiger partial charge in [0.25, 0.3) is 0 Å². The van der Waals surface area contributed by atoms with E-state index in [0.29, 0.717) is 0 Å². The lowest BCUT2D eigenvalue weighted by molar-refractivity contribution is -0.352. The van der Waals surface area contributed by atoms with Crippen LogP contribution in [-0.2, 0) is 36.9 Å². The Morgan fingerprint density at radius 3 is 1.89 bits per heavy atom. The largest absolute Gasteiger partial charge is 0.394 e. The van der Waals surface area contributed by atoms with Gasteiger partial charge < -0.3 is 49.8 Å². The second-order valence-electron chi connectivity index (χ2n) is 9.14. The van der Waals surface area contributed by atoms with Crippen LogP contribution >= 0.6 is 0 Å². The molecule has 2 aliphatic rings. The summed E-state index contributed by atoms with van der Waals surface area (Å²) in [5, 5.41) is 40.8. The van der Waals surface area contributed by atoms with Gasteiger partial charge in [-0.1, -0.05) is 60.7 Å². The fourth-order valence-electron chi connectivity index (χ4n) is 4.47. The van der Waals surface area contributed by atoms with E-state index in [-0.39, 0.29) is 13.2 Å². The number of aliphatic hydroxyl groups is 4. The summed E-state index contributed by atoms with van der Waals surface area (Å²) in [5.74, 6) is 0. The molecule has 198 valence electrons. The molecule has 2 aromatic rings. The Labute approximate surface area is 210 Å². The summed E-state index contributed by atoms with van der Waals surface area (Å²) >= 11 is 0. The summed E-state index contributed by atoms with van der Waals surface area (Å²) < 4.78 is 29.8. The van der Waals surface area contributed by atoms with Crippen molar-refractivity contribution in [3.05, 3.63) is 71.8 Å². The SMILES string of the molecule is C[C@@H]1O[C@@H](O)[C@H](O[C@@H]2O[C@H](CO)[C@@H](O)[C@H](O)[C@H]2N)[C@H](OCc2ccccc2)[C@H]1OCc1ccccc1. The van der Waals surface area contributed by atoms with E-state index in [0.717, 1.165) is 11.1 Å². The molecule has 0 aliphatic carbocycles. The molecular weight excluding hydrogens is 470 g/mol. The molecule has 0 radical (unpaired) electrons. The van der Waals surface area contributed by atoms with Crippen molar-refractivity contribution in [3.8, 4) is 0 Å². The molecule has 2 aromatic carbocycles. The number of ether oxygens (including phenoxy) is 5. The highest BCUT2D eigenvalue weighted by Gasteiger charge is 2.50. The minimum Gasteiger partial charge on any atom is -0.394 e. The van der Waals surface area contributed by atoms with Crippen LogP contribution < -0.4 is 5.73 Å². The maximum atomic E-state index is 10.8. The molecule has 10 atom stereocenters. The lowest BCUT2D eigenvalue weighted by atomic mass is 9.96. The fraction of sp³-hybridized carbons (Fsp3) is 0.538. The number of nitrogens with two attached hydrogens (primary N) is 1. The first-order valence-corrected chi connectivity index (χ1v) is 12.1. The first-order chi connectivity index (χ1) is 17.4. The van der Waals surface area contributed by atoms with Crippen LogP contribution in [0.1, 0.15) is 18.1 Å². The van der Waals surface area contributed by atoms with Crippen molar-refractivity contribution < 1.29 is 44.1 Å². The molecule has 0 amide bonds. The molecule has 0 aromatic heterocycles. The Bertz CT molecular complexity index is 918. The predicted octanol–water partition coefficient (Wildman–Crippen LogP) is 0.0458. The second-order valence-corrected chi connectivity index (χ2v) is 9.14. The number of aliphatic hydroxyl groups excluding tert-OH is 4. The zero-order valence-corrected chi connectivity index (χ0v) is 20.1. The van der Waals surface area contributed by atoms with Crippen LogP contribution in [0.25, 0.3) is 0 Å². The van der Waals surface area contributed by atoms with Gasteiger partial charge in [-0.3, -0.25) is 0 Å². The summed E-state index contributed by atoms with van der Waals surface area (Å²) in [4.78, 5) is 0. The molecule has 0 bridgehead atoms. The van der Waals surface area contributed by atoms with Gasteiger partial charge in [-0.2, -0.15) is 0 Å². The normalized spacial score (nSPS) is 37.1. The van der Waals surface area contributed by atoms with E-state index in [1.54, 1.807) is 6.92 Å². The number of hydrogen-bond acceptors (Lipinski definition) is 10. The second kappa shape index (κ2) is 12.5. The first-order valence-electron chi connectivity index (χ1n) is 12.1. The predicted molar refractivity (Wildman–Crippen MR) is 127 cm³/mol. The van der Waals surface area contributed by atoms with E-state index >= 15 is 0 Å². The monoisotopic (exact) mass is 505 g/mol. The van der Waals surface area contributed by atoms with Crippen LogP contribution in [0.4, 0.5) is 0 Å². The highest BCUT2D eigenvalue weighted by Crippen LogP contribution is 2.31. The van der Waals surface area contributed by atoms with Gasteiger partial charge in [0.1, 0.15) is 36.6 Å². The molecule has 0 saturated carbocycles. The molecule has 10 heteroatoms. The minimum absolute atomic E-state index is 0.216. The Morgan fingerprint density at radius 1 is 0.778 bits per heavy atom. The third kappa shape index (κ3) is 6.29. The zero-order valence-electron chi connectivity index (χ0n) is 20.1. The van der Waals surface area contributed by atoms with E-state index < -0.39 is 68.0 Å². The highest BCUT2D eigenvalue weighted by molar-refractivity contribution is 5.14. The first kappa shape index (κ1) is 27.1. The minimum atomic E-state index is -1.41. The zero-order chi connectivity index (χ0) is 25.7. The van der Waals surface area contributed by atoms with Gasteiger partial charge in [0, 0.05) is 0 Å². The molecule has 0 unspecified atom stereocenters. The summed E-state index contributed by atoms with van der Waals surface area (Å²) in [6, 6.07) is 18.0. The summed E-state index contributed by atoms with van der Waals surface area (Å²) in [6.45, 7) is 1.72. The van der Waals surface area contributed by atoms with E-state index in [9.17, 15) is 20.4 Å². The molecule has 0 spiro atoms. The van der Waals surface area contributed by atoms with Crippen molar-refractivity contribution >= 4 is 0 Å². The molecule has 2 heterocycles. The van der Waals surface area contributed by atoms with Crippen molar-refractivity contribution in [2.75, 3.05) is 6.61 Å². The van der Waals surface area contributed by atoms with Gasteiger partial charge >= 0.3 is 0 Å². The quantitative estimate of drug-likeness (QED) is 0.316. The molecule has 4 rings (SSSR count). The third-order valence-electron chi connectivity index (χ3n) is 6.54. The molecule has 10 nitrogen and oxygen atoms in total. The van der Waals surface area contributed by atoms with Crippen molar-refractivity contribution in [1.29, 1.82) is 0 Å². The highest BCUT2D eigenvalue weighted by atomic mass is 16.7. The van der Waals surface area contributed by atoms with Gasteiger partial charge in [-0.25, -0.2) is 0 Å². The van der Waals surface area contributed by atoms with Gasteiger partial charge in [0.2, 0.25) is 0 Å². The van der Waals surface area contributed by atoms with E-state index in [1.807, 2.05) is 60.7 Å². The lowest BCUT2D eigenvalue weighted by Crippen LogP contribution is -2.66. The summed E-state index contributed by atoms with van der Waals surface area (Å²) in [6.07, 6.45) is -9.66. The average molecular weight is 506 g/mol. The van der Waals surface area contributed by atoms with Gasteiger partial charge in [0.05, 0.1) is 32.0 Å². The van der Waals surface area contributed by atoms with E-state index in [1.165, 1.54) is 0 Å². The lowest BCUT2D eigenvalue weighted by Gasteiger charge is -2.47. The van der Waals surface area contributed by atoms with Gasteiger partial charge in [-0.05, 0) is 18.1 Å². The molecule has 2 fully saturated rings. The summed E-state index contributed by atoms with van der Waals surface area (Å²) in [7, 11) is 0. The Kier molecular flexibility index (Phi) is 9.42. The van der Waals surface area contributed by atoms with Crippen LogP contribution in [0, 0.1) is 0 Å². The topological polar surface area (TPSA) is 153 Å². The Hall–Kier alpha value is -1.96. The average Bonchev–Trinajstić information content (AvgIpc) is 2.89. The maximum absolute atomic E-state index is 10.8. The molecule has 6 N–H and O–H groups in total. The molecule has 2 saturated heterocycles. The van der Waals surface area contributed by atoms with Crippen LogP contribution in [0.2, 0.25) is 0 Å². The van der Waals surface area contributed by atoms with Crippen LogP contribution in [-0.4, -0.2) is 88.4 Å². The van der Waals surface area contributed by atoms with Crippen LogP contribution in [0.5, 0.6) is 0 Å². The fourth-order valence-corrected chi connectivity index (χ4v) is 4.47. The maximum Gasteiger partial charge on any atom is 0.184 e. The van der Waals surface area contributed by atoms with Crippen molar-refractivity contribution in [2.45, 2.75) is 81.5 Å². The molecular formula is C26H35NO9. The standard InChI is InChI=1S/C26H35NO9/c1-15-22(32-13-16-8-4-2-5-9-16)23(33-14-17-10-6-3-7-11-17)24(25(31)34-15)36-26-19(27)21(30)20(29)18(12-28)35-26/h2-11,15,18-26,28-31H,12-14,27H2,1H3/t15-,18+,19+,20+,21+,22-,23+,24+,25+,26-/m0/s1. The number of benzene rings is 2. The number of hydrogen-bond donors (Lipinski definition) is 5. The Morgan fingerprint density at radius 2 is 1.33 bits per heavy atom. The summed E-state index contributed by atoms with van der Waals surface area (Å²) in [5.41, 5.74) is 7.93. The van der Waals surface area contributed by atoms with E-state index in [4.69, 9.17) is 29.4 Å². The smallest absolute Gasteiger partial charge is 0.184 e. The third-order valence-corrected chi connectivity index (χ3v) is 6.54. The number of rotatable bonds is 9. The molecule has 36 heavy (non-hydrogen) atoms. The van der Waals surface area contributed by atoms with Crippen molar-refractivity contribution in [3.63, 3.8) is 0 Å². The Balaban J connectivity index is 1.55. The van der Waals surface area contributed by atoms with Gasteiger partial charge in [-0.15, -0.1) is 0 Å². The van der Waals surface area contributed by atoms with Crippen molar-refractivity contribution in [1.82, 2.24) is 0 Å². The van der Waals surface area contributed by atoms with Crippen LogP contribution in [0.15, 0.2) is 60.7 Å².